The first-order valence-electron chi connectivity index (χ1n) is 14.8. The molecule has 2 atom stereocenters. The third-order valence-corrected chi connectivity index (χ3v) is 8.99. The van der Waals surface area contributed by atoms with Gasteiger partial charge in [-0.05, 0) is 74.6 Å². The number of ether oxygens (including phenoxy) is 1. The topological polar surface area (TPSA) is 102 Å². The zero-order chi connectivity index (χ0) is 32.6. The van der Waals surface area contributed by atoms with E-state index in [4.69, 9.17) is 0 Å². The van der Waals surface area contributed by atoms with E-state index in [0.29, 0.717) is 16.7 Å². The molecule has 238 valence electrons. The Kier molecular flexibility index (Phi) is 8.60. The van der Waals surface area contributed by atoms with Gasteiger partial charge in [0.1, 0.15) is 12.1 Å². The summed E-state index contributed by atoms with van der Waals surface area (Å²) in [7, 11) is 0. The molecule has 2 heterocycles. The summed E-state index contributed by atoms with van der Waals surface area (Å²) in [4.78, 5) is 36.3. The largest absolute Gasteiger partial charge is 0.573 e. The van der Waals surface area contributed by atoms with E-state index in [2.05, 4.69) is 25.1 Å². The van der Waals surface area contributed by atoms with E-state index in [0.717, 1.165) is 52.8 Å². The fourth-order valence-electron chi connectivity index (χ4n) is 6.20. The Morgan fingerprint density at radius 1 is 1.02 bits per heavy atom. The molecule has 1 saturated heterocycles. The van der Waals surface area contributed by atoms with Gasteiger partial charge in [-0.2, -0.15) is 4.99 Å². The van der Waals surface area contributed by atoms with Crippen LogP contribution in [0.15, 0.2) is 72.0 Å². The van der Waals surface area contributed by atoms with Gasteiger partial charge >= 0.3 is 12.4 Å². The lowest BCUT2D eigenvalue weighted by atomic mass is 9.93. The van der Waals surface area contributed by atoms with E-state index in [1.807, 2.05) is 57.2 Å². The third kappa shape index (κ3) is 6.79. The number of carbonyl (C=O) groups is 2. The van der Waals surface area contributed by atoms with Gasteiger partial charge in [0.2, 0.25) is 5.91 Å². The second kappa shape index (κ2) is 12.6. The van der Waals surface area contributed by atoms with Gasteiger partial charge in [0.15, 0.2) is 11.0 Å². The number of hydrogen-bond acceptors (Lipinski definition) is 6. The highest BCUT2D eigenvalue weighted by molar-refractivity contribution is 8.15. The number of amides is 3. The van der Waals surface area contributed by atoms with Crippen molar-refractivity contribution in [2.24, 2.45) is 4.99 Å². The summed E-state index contributed by atoms with van der Waals surface area (Å²) >= 11 is 1.27. The quantitative estimate of drug-likeness (QED) is 0.237. The number of benzene rings is 3. The number of alkyl halides is 3. The molecule has 0 bridgehead atoms. The van der Waals surface area contributed by atoms with Gasteiger partial charge in [-0.3, -0.25) is 9.69 Å². The lowest BCUT2D eigenvalue weighted by Gasteiger charge is -2.23. The van der Waals surface area contributed by atoms with Crippen molar-refractivity contribution in [1.29, 1.82) is 0 Å². The van der Waals surface area contributed by atoms with Crippen LogP contribution in [0.25, 0.3) is 17.1 Å². The fraction of sp³-hybridized carbons (Fsp3) is 0.303. The second-order valence-corrected chi connectivity index (χ2v) is 12.4. The first-order valence-corrected chi connectivity index (χ1v) is 15.7. The van der Waals surface area contributed by atoms with E-state index in [9.17, 15) is 22.8 Å². The molecular weight excluding hydrogens is 617 g/mol. The number of nitrogens with one attached hydrogen (secondary N) is 1. The van der Waals surface area contributed by atoms with E-state index in [-0.39, 0.29) is 29.4 Å². The van der Waals surface area contributed by atoms with Crippen LogP contribution < -0.4 is 15.0 Å². The van der Waals surface area contributed by atoms with Crippen molar-refractivity contribution in [1.82, 2.24) is 20.1 Å². The van der Waals surface area contributed by atoms with Crippen LogP contribution in [-0.4, -0.2) is 50.0 Å². The van der Waals surface area contributed by atoms with Crippen LogP contribution in [0.5, 0.6) is 5.75 Å². The summed E-state index contributed by atoms with van der Waals surface area (Å²) in [5.41, 5.74) is 6.16. The fourth-order valence-corrected chi connectivity index (χ4v) is 7.05. The highest BCUT2D eigenvalue weighted by atomic mass is 32.2. The summed E-state index contributed by atoms with van der Waals surface area (Å²) in [6, 6.07) is 16.7. The maximum absolute atomic E-state index is 13.2. The molecule has 2 fully saturated rings. The maximum Gasteiger partial charge on any atom is 0.573 e. The molecule has 46 heavy (non-hydrogen) atoms. The van der Waals surface area contributed by atoms with Crippen molar-refractivity contribution in [3.8, 4) is 22.8 Å². The average molecular weight is 649 g/mol. The van der Waals surface area contributed by atoms with Gasteiger partial charge in [-0.25, -0.2) is 14.5 Å². The molecule has 9 nitrogen and oxygen atoms in total. The number of aliphatic imine (C=N–C) groups is 1. The van der Waals surface area contributed by atoms with Crippen molar-refractivity contribution in [3.63, 3.8) is 0 Å². The molecule has 2 aliphatic rings. The zero-order valence-corrected chi connectivity index (χ0v) is 26.2. The molecule has 1 aromatic heterocycles. The summed E-state index contributed by atoms with van der Waals surface area (Å²) in [6.45, 7) is 5.92. The molecule has 2 unspecified atom stereocenters. The number of halogens is 3. The summed E-state index contributed by atoms with van der Waals surface area (Å²) < 4.78 is 42.8. The van der Waals surface area contributed by atoms with Gasteiger partial charge < -0.3 is 10.1 Å². The minimum Gasteiger partial charge on any atom is -0.406 e. The third-order valence-electron chi connectivity index (χ3n) is 8.07. The van der Waals surface area contributed by atoms with Crippen molar-refractivity contribution >= 4 is 34.6 Å². The molecule has 6 rings (SSSR count). The van der Waals surface area contributed by atoms with Crippen LogP contribution >= 0.6 is 11.8 Å². The van der Waals surface area contributed by atoms with Crippen molar-refractivity contribution in [2.75, 3.05) is 10.7 Å². The lowest BCUT2D eigenvalue weighted by molar-refractivity contribution is -0.274. The Balaban J connectivity index is 1.12. The molecule has 1 aliphatic heterocycles. The smallest absolute Gasteiger partial charge is 0.406 e. The van der Waals surface area contributed by atoms with Crippen molar-refractivity contribution in [3.05, 3.63) is 89.2 Å². The molecule has 1 aliphatic carbocycles. The lowest BCUT2D eigenvalue weighted by Crippen LogP contribution is -2.37. The average Bonchev–Trinajstić information content (AvgIpc) is 3.74. The van der Waals surface area contributed by atoms with Crippen LogP contribution in [0.1, 0.15) is 47.4 Å². The van der Waals surface area contributed by atoms with Gasteiger partial charge in [-0.15, -0.1) is 18.3 Å². The van der Waals surface area contributed by atoms with Gasteiger partial charge in [-0.1, -0.05) is 60.1 Å². The standard InChI is InChI=1S/C33H31F3N6O3S/c1-19-15-20(2)29(21(3)16-19)42-28(43)17-46-32(42)39-31(44)38-27-6-4-5-26(27)22-7-9-23(10-8-22)30-37-18-41(40-30)24-11-13-25(14-12-24)45-33(34,35)36/h7-16,18,26-27H,4-6,17H2,1-3H3,(H,38,44). The highest BCUT2D eigenvalue weighted by Crippen LogP contribution is 2.36. The minimum atomic E-state index is -4.76. The van der Waals surface area contributed by atoms with Crippen molar-refractivity contribution < 1.29 is 27.5 Å². The number of amidine groups is 1. The van der Waals surface area contributed by atoms with Crippen LogP contribution in [-0.2, 0) is 4.79 Å². The van der Waals surface area contributed by atoms with Crippen LogP contribution in [0.4, 0.5) is 23.7 Å². The molecule has 0 spiro atoms. The summed E-state index contributed by atoms with van der Waals surface area (Å²) in [6.07, 6.45) is -0.596. The zero-order valence-electron chi connectivity index (χ0n) is 25.3. The number of rotatable bonds is 6. The summed E-state index contributed by atoms with van der Waals surface area (Å²) in [5, 5.41) is 7.94. The first kappa shape index (κ1) is 31.3. The molecule has 1 saturated carbocycles. The van der Waals surface area contributed by atoms with E-state index in [1.54, 1.807) is 4.90 Å². The molecular formula is C33H31F3N6O3S. The molecule has 0 radical (unpaired) electrons. The Hall–Kier alpha value is -4.65. The van der Waals surface area contributed by atoms with Gasteiger partial charge in [0.25, 0.3) is 0 Å². The van der Waals surface area contributed by atoms with Gasteiger partial charge in [0, 0.05) is 17.5 Å². The molecule has 4 aromatic rings. The molecule has 1 N–H and O–H groups in total. The highest BCUT2D eigenvalue weighted by Gasteiger charge is 2.34. The number of nitrogens with zero attached hydrogens (tertiary/aromatic N) is 5. The number of aromatic nitrogens is 3. The van der Waals surface area contributed by atoms with E-state index < -0.39 is 12.4 Å². The SMILES string of the molecule is Cc1cc(C)c(N2C(=O)CSC2=NC(=O)NC2CCCC2c2ccc(-c3ncn(-c4ccc(OC(F)(F)F)cc4)n3)cc2)c(C)c1. The number of aryl methyl sites for hydroxylation is 3. The predicted octanol–water partition coefficient (Wildman–Crippen LogP) is 7.24. The van der Waals surface area contributed by atoms with E-state index >= 15 is 0 Å². The van der Waals surface area contributed by atoms with Gasteiger partial charge in [0.05, 0.1) is 17.1 Å². The van der Waals surface area contributed by atoms with Crippen LogP contribution in [0.2, 0.25) is 0 Å². The molecule has 3 amide bonds. The number of anilines is 1. The predicted molar refractivity (Wildman–Crippen MR) is 170 cm³/mol. The number of hydrogen-bond donors (Lipinski definition) is 1. The summed E-state index contributed by atoms with van der Waals surface area (Å²) in [5.74, 6) is 0.368. The number of urea groups is 1. The molecule has 13 heteroatoms. The van der Waals surface area contributed by atoms with Crippen LogP contribution in [0, 0.1) is 20.8 Å². The van der Waals surface area contributed by atoms with Crippen molar-refractivity contribution in [2.45, 2.75) is 58.4 Å². The maximum atomic E-state index is 13.2. The molecule has 3 aromatic carbocycles. The Morgan fingerprint density at radius 3 is 2.39 bits per heavy atom. The number of carbonyl (C=O) groups excluding carboxylic acids is 2. The second-order valence-electron chi connectivity index (χ2n) is 11.4. The Bertz CT molecular complexity index is 1780. The Morgan fingerprint density at radius 2 is 1.72 bits per heavy atom. The normalized spacial score (nSPS) is 19.2. The number of thioether (sulfide) groups is 1. The van der Waals surface area contributed by atoms with Crippen LogP contribution in [0.3, 0.4) is 0 Å². The van der Waals surface area contributed by atoms with E-state index in [1.165, 1.54) is 47.0 Å². The first-order chi connectivity index (χ1) is 21.9. The minimum absolute atomic E-state index is 0.0942. The Labute approximate surface area is 267 Å². The monoisotopic (exact) mass is 648 g/mol.